The first-order valence-corrected chi connectivity index (χ1v) is 12.8. The highest BCUT2D eigenvalue weighted by Crippen LogP contribution is 2.26. The van der Waals surface area contributed by atoms with E-state index in [1.165, 1.54) is 16.9 Å². The van der Waals surface area contributed by atoms with E-state index in [1.54, 1.807) is 12.1 Å². The zero-order chi connectivity index (χ0) is 23.6. The van der Waals surface area contributed by atoms with Gasteiger partial charge in [-0.2, -0.15) is 0 Å². The molecule has 0 unspecified atom stereocenters. The molecule has 0 saturated carbocycles. The van der Waals surface area contributed by atoms with E-state index in [9.17, 15) is 14.7 Å². The molecule has 3 atom stereocenters. The highest BCUT2D eigenvalue weighted by atomic mass is 32.1. The molecule has 1 saturated heterocycles. The predicted octanol–water partition coefficient (Wildman–Crippen LogP) is 5.64. The van der Waals surface area contributed by atoms with Gasteiger partial charge in [-0.3, -0.25) is 4.79 Å². The van der Waals surface area contributed by atoms with Gasteiger partial charge in [0.05, 0.1) is 6.10 Å². The maximum absolute atomic E-state index is 12.3. The molecule has 1 aliphatic heterocycles. The summed E-state index contributed by atoms with van der Waals surface area (Å²) in [5, 5.41) is 19.7. The number of aromatic carboxylic acids is 1. The Hall–Kier alpha value is -2.44. The van der Waals surface area contributed by atoms with Crippen LogP contribution in [0.3, 0.4) is 0 Å². The van der Waals surface area contributed by atoms with Gasteiger partial charge in [-0.15, -0.1) is 11.3 Å². The third-order valence-corrected chi connectivity index (χ3v) is 7.58. The van der Waals surface area contributed by atoms with Gasteiger partial charge < -0.3 is 15.1 Å². The average molecular weight is 470 g/mol. The minimum Gasteiger partial charge on any atom is -0.477 e. The number of aryl methyl sites for hydroxylation is 1. The summed E-state index contributed by atoms with van der Waals surface area (Å²) in [6.07, 6.45) is 10.7. The van der Waals surface area contributed by atoms with E-state index >= 15 is 0 Å². The van der Waals surface area contributed by atoms with E-state index in [-0.39, 0.29) is 24.0 Å². The number of aliphatic hydroxyl groups is 1. The summed E-state index contributed by atoms with van der Waals surface area (Å²) in [5.41, 5.74) is 1.37. The van der Waals surface area contributed by atoms with Crippen LogP contribution in [0.1, 0.15) is 72.0 Å². The quantitative estimate of drug-likeness (QED) is 0.372. The smallest absolute Gasteiger partial charge is 0.345 e. The predicted molar refractivity (Wildman–Crippen MR) is 133 cm³/mol. The van der Waals surface area contributed by atoms with E-state index in [0.29, 0.717) is 24.3 Å². The number of carbonyl (C=O) groups excluding carboxylic acids is 1. The molecule has 1 aliphatic rings. The van der Waals surface area contributed by atoms with Gasteiger partial charge in [0.15, 0.2) is 0 Å². The molecule has 2 heterocycles. The summed E-state index contributed by atoms with van der Waals surface area (Å²) in [4.78, 5) is 26.4. The molecule has 1 amide bonds. The topological polar surface area (TPSA) is 77.8 Å². The molecule has 3 rings (SSSR count). The molecule has 0 bridgehead atoms. The van der Waals surface area contributed by atoms with Crippen molar-refractivity contribution in [2.45, 2.75) is 70.4 Å². The van der Waals surface area contributed by atoms with E-state index in [1.807, 2.05) is 23.1 Å². The molecule has 5 nitrogen and oxygen atoms in total. The summed E-state index contributed by atoms with van der Waals surface area (Å²) in [6.45, 7) is 2.65. The molecule has 2 aromatic rings. The van der Waals surface area contributed by atoms with Gasteiger partial charge in [0.2, 0.25) is 5.91 Å². The van der Waals surface area contributed by atoms with Crippen LogP contribution in [-0.4, -0.2) is 45.7 Å². The minimum absolute atomic E-state index is 0.158. The Kier molecular flexibility index (Phi) is 9.70. The van der Waals surface area contributed by atoms with Crippen molar-refractivity contribution >= 4 is 29.3 Å². The van der Waals surface area contributed by atoms with Gasteiger partial charge in [0.25, 0.3) is 0 Å². The Bertz CT molecular complexity index is 923. The fourth-order valence-corrected chi connectivity index (χ4v) is 5.24. The van der Waals surface area contributed by atoms with Crippen LogP contribution < -0.4 is 0 Å². The van der Waals surface area contributed by atoms with E-state index < -0.39 is 5.97 Å². The summed E-state index contributed by atoms with van der Waals surface area (Å²) < 4.78 is 0. The van der Waals surface area contributed by atoms with Crippen molar-refractivity contribution in [2.24, 2.45) is 5.92 Å². The Morgan fingerprint density at radius 1 is 1.18 bits per heavy atom. The number of amides is 1. The summed E-state index contributed by atoms with van der Waals surface area (Å²) in [7, 11) is 0. The second kappa shape index (κ2) is 12.7. The number of thiophene rings is 1. The average Bonchev–Trinajstić information content (AvgIpc) is 3.43. The molecule has 1 aromatic heterocycles. The first-order chi connectivity index (χ1) is 15.9. The van der Waals surface area contributed by atoms with Crippen molar-refractivity contribution in [3.8, 4) is 0 Å². The van der Waals surface area contributed by atoms with Crippen LogP contribution in [0.25, 0.3) is 6.08 Å². The van der Waals surface area contributed by atoms with Gasteiger partial charge in [0, 0.05) is 23.9 Å². The summed E-state index contributed by atoms with van der Waals surface area (Å²) in [6, 6.07) is 14.1. The summed E-state index contributed by atoms with van der Waals surface area (Å²) >= 11 is 1.23. The summed E-state index contributed by atoms with van der Waals surface area (Å²) in [5.74, 6) is -0.502. The Morgan fingerprint density at radius 2 is 1.97 bits per heavy atom. The number of hydrogen-bond acceptors (Lipinski definition) is 4. The lowest BCUT2D eigenvalue weighted by Gasteiger charge is -2.26. The number of unbranched alkanes of at least 4 members (excludes halogenated alkanes) is 1. The van der Waals surface area contributed by atoms with Gasteiger partial charge in [-0.25, -0.2) is 4.79 Å². The highest BCUT2D eigenvalue weighted by molar-refractivity contribution is 7.14. The van der Waals surface area contributed by atoms with Gasteiger partial charge in [-0.05, 0) is 68.2 Å². The first-order valence-electron chi connectivity index (χ1n) is 11.9. The number of rotatable bonds is 13. The first kappa shape index (κ1) is 25.2. The zero-order valence-electron chi connectivity index (χ0n) is 19.4. The fraction of sp³-hybridized carbons (Fsp3) is 0.481. The number of aliphatic hydroxyl groups excluding tert-OH is 1. The molecule has 178 valence electrons. The lowest BCUT2D eigenvalue weighted by molar-refractivity contribution is -0.128. The lowest BCUT2D eigenvalue weighted by atomic mass is 9.92. The molecule has 6 heteroatoms. The van der Waals surface area contributed by atoms with Crippen molar-refractivity contribution < 1.29 is 19.8 Å². The number of hydrogen-bond donors (Lipinski definition) is 2. The van der Waals surface area contributed by atoms with Crippen molar-refractivity contribution in [1.82, 2.24) is 4.90 Å². The third-order valence-electron chi connectivity index (χ3n) is 6.54. The molecule has 0 spiro atoms. The fourth-order valence-electron chi connectivity index (χ4n) is 4.46. The number of benzene rings is 1. The Labute approximate surface area is 200 Å². The molecule has 0 aliphatic carbocycles. The number of carboxylic acids is 1. The van der Waals surface area contributed by atoms with E-state index in [0.717, 1.165) is 43.4 Å². The number of carbonyl (C=O) groups is 2. The molecule has 1 aromatic carbocycles. The van der Waals surface area contributed by atoms with Crippen molar-refractivity contribution in [2.75, 3.05) is 6.54 Å². The second-order valence-corrected chi connectivity index (χ2v) is 10.1. The molecular weight excluding hydrogens is 434 g/mol. The number of likely N-dealkylation sites (tertiary alicyclic amines) is 1. The van der Waals surface area contributed by atoms with Crippen molar-refractivity contribution in [1.29, 1.82) is 0 Å². The molecule has 0 radical (unpaired) electrons. The highest BCUT2D eigenvalue weighted by Gasteiger charge is 2.30. The van der Waals surface area contributed by atoms with Crippen LogP contribution in [0.4, 0.5) is 0 Å². The third kappa shape index (κ3) is 7.83. The van der Waals surface area contributed by atoms with E-state index in [2.05, 4.69) is 31.2 Å². The van der Waals surface area contributed by atoms with Crippen LogP contribution in [0.2, 0.25) is 0 Å². The van der Waals surface area contributed by atoms with Gasteiger partial charge >= 0.3 is 5.97 Å². The maximum atomic E-state index is 12.3. The molecular formula is C27H35NO4S. The second-order valence-electron chi connectivity index (χ2n) is 9.00. The van der Waals surface area contributed by atoms with Crippen molar-refractivity contribution in [3.05, 3.63) is 63.9 Å². The Morgan fingerprint density at radius 3 is 2.70 bits per heavy atom. The van der Waals surface area contributed by atoms with E-state index in [4.69, 9.17) is 5.11 Å². The molecule has 33 heavy (non-hydrogen) atoms. The Balaban J connectivity index is 1.38. The number of carboxylic acid groups (broad SMARTS) is 1. The van der Waals surface area contributed by atoms with Crippen LogP contribution in [0.15, 0.2) is 48.5 Å². The minimum atomic E-state index is -0.918. The molecule has 2 N–H and O–H groups in total. The molecule has 1 fully saturated rings. The SMILES string of the molecule is C[C@@H](CCCCc1ccccc1)[C@H](O)CC[C@H]1CCC(=O)N1CC=Cc1ccc(C(=O)O)s1. The normalized spacial score (nSPS) is 18.2. The van der Waals surface area contributed by atoms with Gasteiger partial charge in [-0.1, -0.05) is 49.8 Å². The monoisotopic (exact) mass is 469 g/mol. The number of nitrogens with zero attached hydrogens (tertiary/aromatic N) is 1. The van der Waals surface area contributed by atoms with Crippen LogP contribution in [0, 0.1) is 5.92 Å². The lowest BCUT2D eigenvalue weighted by Crippen LogP contribution is -2.34. The largest absolute Gasteiger partial charge is 0.477 e. The van der Waals surface area contributed by atoms with Crippen LogP contribution in [-0.2, 0) is 11.2 Å². The maximum Gasteiger partial charge on any atom is 0.345 e. The standard InChI is InChI=1S/C27H35NO4S/c1-20(8-5-6-11-21-9-3-2-4-10-21)24(29)16-13-22-14-18-26(30)28(22)19-7-12-23-15-17-25(33-23)27(31)32/h2-4,7,9-10,12,15,17,20,22,24,29H,5-6,8,11,13-14,16,18-19H2,1H3,(H,31,32)/t20-,22-,24+/m0/s1. The van der Waals surface area contributed by atoms with Gasteiger partial charge in [0.1, 0.15) is 4.88 Å². The van der Waals surface area contributed by atoms with Crippen LogP contribution in [0.5, 0.6) is 0 Å². The zero-order valence-corrected chi connectivity index (χ0v) is 20.2. The van der Waals surface area contributed by atoms with Crippen molar-refractivity contribution in [3.63, 3.8) is 0 Å². The van der Waals surface area contributed by atoms with Crippen LogP contribution >= 0.6 is 11.3 Å².